The van der Waals surface area contributed by atoms with Gasteiger partial charge in [-0.2, -0.15) is 0 Å². The number of hydrogen-bond acceptors (Lipinski definition) is 2. The molecule has 1 fully saturated rings. The third-order valence-corrected chi connectivity index (χ3v) is 4.47. The average molecular weight is 340 g/mol. The Hall–Kier alpha value is -2.69. The van der Waals surface area contributed by atoms with Crippen molar-refractivity contribution in [1.29, 1.82) is 0 Å². The molecule has 0 radical (unpaired) electrons. The smallest absolute Gasteiger partial charge is 0.239 e. The van der Waals surface area contributed by atoms with Gasteiger partial charge >= 0.3 is 0 Å². The molecule has 25 heavy (non-hydrogen) atoms. The second kappa shape index (κ2) is 7.47. The molecule has 5 heteroatoms. The van der Waals surface area contributed by atoms with Gasteiger partial charge in [-0.05, 0) is 43.0 Å². The van der Waals surface area contributed by atoms with Gasteiger partial charge in [0.1, 0.15) is 11.7 Å². The number of nitrogens with one attached hydrogen (secondary N) is 1. The zero-order chi connectivity index (χ0) is 17.8. The van der Waals surface area contributed by atoms with Crippen LogP contribution in [0.1, 0.15) is 17.5 Å². The second-order valence-electron chi connectivity index (χ2n) is 6.31. The van der Waals surface area contributed by atoms with Crippen LogP contribution >= 0.6 is 0 Å². The fourth-order valence-electron chi connectivity index (χ4n) is 3.09. The number of carbonyl (C=O) groups excluding carboxylic acids is 2. The number of rotatable bonds is 5. The molecule has 1 atom stereocenters. The van der Waals surface area contributed by atoms with E-state index in [1.54, 1.807) is 12.1 Å². The predicted molar refractivity (Wildman–Crippen MR) is 94.8 cm³/mol. The molecular formula is C20H21FN2O2. The molecule has 1 saturated heterocycles. The average Bonchev–Trinajstić information content (AvgIpc) is 2.99. The van der Waals surface area contributed by atoms with Crippen LogP contribution in [0, 0.1) is 18.7 Å². The van der Waals surface area contributed by atoms with E-state index < -0.39 is 11.7 Å². The molecule has 0 bridgehead atoms. The van der Waals surface area contributed by atoms with E-state index in [-0.39, 0.29) is 17.5 Å². The number of aryl methyl sites for hydroxylation is 1. The molecule has 130 valence electrons. The van der Waals surface area contributed by atoms with E-state index in [1.165, 1.54) is 11.0 Å². The maximum Gasteiger partial charge on any atom is 0.239 e. The minimum atomic E-state index is -0.740. The number of hydrogen-bond donors (Lipinski definition) is 1. The third kappa shape index (κ3) is 3.87. The minimum Gasteiger partial charge on any atom is -0.355 e. The third-order valence-electron chi connectivity index (χ3n) is 4.47. The maximum atomic E-state index is 14.0. The Morgan fingerprint density at radius 1 is 1.24 bits per heavy atom. The first-order valence-corrected chi connectivity index (χ1v) is 8.45. The lowest BCUT2D eigenvalue weighted by Crippen LogP contribution is -2.37. The van der Waals surface area contributed by atoms with Gasteiger partial charge in [0.25, 0.3) is 0 Å². The number of halogens is 1. The van der Waals surface area contributed by atoms with Crippen LogP contribution in [0.25, 0.3) is 0 Å². The molecule has 1 N–H and O–H groups in total. The summed E-state index contributed by atoms with van der Waals surface area (Å²) in [5.74, 6) is -1.79. The first-order chi connectivity index (χ1) is 12.1. The summed E-state index contributed by atoms with van der Waals surface area (Å²) in [5.41, 5.74) is 2.26. The quantitative estimate of drug-likeness (QED) is 0.851. The number of anilines is 1. The van der Waals surface area contributed by atoms with E-state index >= 15 is 0 Å². The lowest BCUT2D eigenvalue weighted by atomic mass is 10.1. The normalized spacial score (nSPS) is 17.0. The number of benzene rings is 2. The van der Waals surface area contributed by atoms with Crippen LogP contribution in [0.5, 0.6) is 0 Å². The van der Waals surface area contributed by atoms with E-state index in [4.69, 9.17) is 0 Å². The van der Waals surface area contributed by atoms with E-state index in [0.717, 1.165) is 11.1 Å². The van der Waals surface area contributed by atoms with Crippen LogP contribution < -0.4 is 10.2 Å². The lowest BCUT2D eigenvalue weighted by Gasteiger charge is -2.18. The van der Waals surface area contributed by atoms with Gasteiger partial charge in [-0.25, -0.2) is 4.39 Å². The van der Waals surface area contributed by atoms with Crippen molar-refractivity contribution in [2.75, 3.05) is 18.0 Å². The molecular weight excluding hydrogens is 319 g/mol. The molecule has 3 rings (SSSR count). The number of amides is 2. The molecule has 0 aliphatic carbocycles. The van der Waals surface area contributed by atoms with Crippen LogP contribution in [0.3, 0.4) is 0 Å². The van der Waals surface area contributed by atoms with E-state index in [0.29, 0.717) is 25.9 Å². The van der Waals surface area contributed by atoms with Gasteiger partial charge in [0.2, 0.25) is 11.8 Å². The molecule has 2 amide bonds. The van der Waals surface area contributed by atoms with E-state index in [1.807, 2.05) is 37.3 Å². The molecule has 1 aliphatic rings. The number of carbonyl (C=O) groups is 2. The van der Waals surface area contributed by atoms with Crippen LogP contribution in [0.15, 0.2) is 48.5 Å². The summed E-state index contributed by atoms with van der Waals surface area (Å²) < 4.78 is 14.0. The fourth-order valence-corrected chi connectivity index (χ4v) is 3.09. The van der Waals surface area contributed by atoms with E-state index in [9.17, 15) is 14.0 Å². The van der Waals surface area contributed by atoms with Crippen LogP contribution in [0.2, 0.25) is 0 Å². The second-order valence-corrected chi connectivity index (χ2v) is 6.31. The first-order valence-electron chi connectivity index (χ1n) is 8.45. The molecule has 1 aliphatic heterocycles. The Morgan fingerprint density at radius 2 is 2.00 bits per heavy atom. The van der Waals surface area contributed by atoms with Gasteiger partial charge in [0, 0.05) is 13.1 Å². The standard InChI is InChI=1S/C20H21FN2O2/c1-14-7-8-17(21)18(13-14)23-12-10-16(20(23)25)19(24)22-11-9-15-5-3-2-4-6-15/h2-8,13,16H,9-12H2,1H3,(H,22,24). The molecule has 2 aromatic carbocycles. The zero-order valence-electron chi connectivity index (χ0n) is 14.2. The van der Waals surface area contributed by atoms with Gasteiger partial charge in [0.15, 0.2) is 0 Å². The first kappa shape index (κ1) is 17.1. The van der Waals surface area contributed by atoms with Crippen LogP contribution in [0.4, 0.5) is 10.1 Å². The highest BCUT2D eigenvalue weighted by Crippen LogP contribution is 2.28. The molecule has 4 nitrogen and oxygen atoms in total. The summed E-state index contributed by atoms with van der Waals surface area (Å²) in [6, 6.07) is 14.5. The van der Waals surface area contributed by atoms with Gasteiger partial charge in [-0.15, -0.1) is 0 Å². The SMILES string of the molecule is Cc1ccc(F)c(N2CCC(C(=O)NCCc3ccccc3)C2=O)c1. The highest BCUT2D eigenvalue weighted by atomic mass is 19.1. The van der Waals surface area contributed by atoms with Gasteiger partial charge in [0.05, 0.1) is 5.69 Å². The van der Waals surface area contributed by atoms with Crippen molar-refractivity contribution in [3.63, 3.8) is 0 Å². The molecule has 1 unspecified atom stereocenters. The van der Waals surface area contributed by atoms with Crippen LogP contribution in [-0.4, -0.2) is 24.9 Å². The Bertz CT molecular complexity index is 777. The summed E-state index contributed by atoms with van der Waals surface area (Å²) >= 11 is 0. The Kier molecular flexibility index (Phi) is 5.12. The van der Waals surface area contributed by atoms with Crippen molar-refractivity contribution in [1.82, 2.24) is 5.32 Å². The molecule has 0 aromatic heterocycles. The van der Waals surface area contributed by atoms with Crippen molar-refractivity contribution >= 4 is 17.5 Å². The van der Waals surface area contributed by atoms with Crippen molar-refractivity contribution < 1.29 is 14.0 Å². The minimum absolute atomic E-state index is 0.254. The van der Waals surface area contributed by atoms with Gasteiger partial charge < -0.3 is 10.2 Å². The summed E-state index contributed by atoms with van der Waals surface area (Å²) in [6.45, 7) is 2.68. The summed E-state index contributed by atoms with van der Waals surface area (Å²) in [5, 5.41) is 2.82. The maximum absolute atomic E-state index is 14.0. The highest BCUT2D eigenvalue weighted by molar-refractivity contribution is 6.09. The topological polar surface area (TPSA) is 49.4 Å². The van der Waals surface area contributed by atoms with Crippen molar-refractivity contribution in [2.24, 2.45) is 5.92 Å². The number of nitrogens with zero attached hydrogens (tertiary/aromatic N) is 1. The predicted octanol–water partition coefficient (Wildman–Crippen LogP) is 2.85. The Labute approximate surface area is 146 Å². The molecule has 0 spiro atoms. The van der Waals surface area contributed by atoms with Crippen LogP contribution in [-0.2, 0) is 16.0 Å². The molecule has 0 saturated carbocycles. The zero-order valence-corrected chi connectivity index (χ0v) is 14.2. The Balaban J connectivity index is 1.59. The summed E-state index contributed by atoms with van der Waals surface area (Å²) in [7, 11) is 0. The monoisotopic (exact) mass is 340 g/mol. The van der Waals surface area contributed by atoms with Crippen molar-refractivity contribution in [3.05, 3.63) is 65.5 Å². The molecule has 2 aromatic rings. The largest absolute Gasteiger partial charge is 0.355 e. The summed E-state index contributed by atoms with van der Waals surface area (Å²) in [4.78, 5) is 26.2. The van der Waals surface area contributed by atoms with Crippen molar-refractivity contribution in [2.45, 2.75) is 19.8 Å². The molecule has 1 heterocycles. The van der Waals surface area contributed by atoms with Gasteiger partial charge in [-0.1, -0.05) is 36.4 Å². The van der Waals surface area contributed by atoms with E-state index in [2.05, 4.69) is 5.32 Å². The fraction of sp³-hybridized carbons (Fsp3) is 0.300. The highest BCUT2D eigenvalue weighted by Gasteiger charge is 2.38. The summed E-state index contributed by atoms with van der Waals surface area (Å²) in [6.07, 6.45) is 1.12. The lowest BCUT2D eigenvalue weighted by molar-refractivity contribution is -0.132. The van der Waals surface area contributed by atoms with Crippen molar-refractivity contribution in [3.8, 4) is 0 Å². The Morgan fingerprint density at radius 3 is 2.76 bits per heavy atom. The van der Waals surface area contributed by atoms with Gasteiger partial charge in [-0.3, -0.25) is 9.59 Å².